The number of halogens is 1. The van der Waals surface area contributed by atoms with Gasteiger partial charge in [0.15, 0.2) is 5.69 Å². The molecule has 6 nitrogen and oxygen atoms in total. The van der Waals surface area contributed by atoms with Gasteiger partial charge in [-0.2, -0.15) is 10.4 Å². The minimum absolute atomic E-state index is 0.0941. The minimum atomic E-state index is -1.42. The van der Waals surface area contributed by atoms with Crippen LogP contribution in [0.25, 0.3) is 0 Å². The second-order valence-corrected chi connectivity index (χ2v) is 6.63. The number of likely N-dealkylation sites (tertiary alicyclic amines) is 1. The summed E-state index contributed by atoms with van der Waals surface area (Å²) in [6.07, 6.45) is 1.66. The van der Waals surface area contributed by atoms with Crippen molar-refractivity contribution < 1.29 is 13.9 Å². The molecule has 0 aliphatic carbocycles. The fraction of sp³-hybridized carbons (Fsp3) is 0.667. The number of ether oxygens (including phenoxy) is 1. The number of aromatic nitrogens is 2. The molecule has 1 fully saturated rings. The molecule has 0 atom stereocenters. The fourth-order valence-corrected chi connectivity index (χ4v) is 2.37. The van der Waals surface area contributed by atoms with Gasteiger partial charge >= 0.3 is 6.09 Å². The fourth-order valence-electron chi connectivity index (χ4n) is 2.37. The third kappa shape index (κ3) is 4.20. The second-order valence-electron chi connectivity index (χ2n) is 6.63. The number of nitriles is 1. The SMILES string of the molecule is CC(C)(C)OC(=O)N1CCC(F)(Cn2ccc(C#N)n2)CC1. The average molecular weight is 308 g/mol. The van der Waals surface area contributed by atoms with Gasteiger partial charge < -0.3 is 9.64 Å². The predicted octanol–water partition coefficient (Wildman–Crippen LogP) is 2.49. The number of piperidine rings is 1. The van der Waals surface area contributed by atoms with Gasteiger partial charge in [0, 0.05) is 32.1 Å². The standard InChI is InChI=1S/C15H21FN4O2/c1-14(2,3)22-13(21)19-8-5-15(16,6-9-19)11-20-7-4-12(10-17)18-20/h4,7H,5-6,8-9,11H2,1-3H3. The van der Waals surface area contributed by atoms with Crippen molar-refractivity contribution in [1.82, 2.24) is 14.7 Å². The van der Waals surface area contributed by atoms with Crippen molar-refractivity contribution >= 4 is 6.09 Å². The van der Waals surface area contributed by atoms with Gasteiger partial charge in [-0.3, -0.25) is 4.68 Å². The number of hydrogen-bond acceptors (Lipinski definition) is 4. The Morgan fingerprint density at radius 2 is 2.14 bits per heavy atom. The molecule has 120 valence electrons. The average Bonchev–Trinajstić information content (AvgIpc) is 2.84. The highest BCUT2D eigenvalue weighted by Gasteiger charge is 2.37. The maximum Gasteiger partial charge on any atom is 0.410 e. The van der Waals surface area contributed by atoms with Crippen molar-refractivity contribution in [3.05, 3.63) is 18.0 Å². The maximum absolute atomic E-state index is 14.8. The van der Waals surface area contributed by atoms with Gasteiger partial charge in [-0.1, -0.05) is 0 Å². The molecule has 0 radical (unpaired) electrons. The number of alkyl halides is 1. The Balaban J connectivity index is 1.90. The van der Waals surface area contributed by atoms with Crippen molar-refractivity contribution in [1.29, 1.82) is 5.26 Å². The quantitative estimate of drug-likeness (QED) is 0.841. The van der Waals surface area contributed by atoms with Crippen LogP contribution in [0.3, 0.4) is 0 Å². The molecule has 0 saturated carbocycles. The Labute approximate surface area is 129 Å². The van der Waals surface area contributed by atoms with Crippen molar-refractivity contribution in [3.8, 4) is 6.07 Å². The van der Waals surface area contributed by atoms with Crippen LogP contribution >= 0.6 is 0 Å². The first-order chi connectivity index (χ1) is 10.2. The molecule has 2 rings (SSSR count). The highest BCUT2D eigenvalue weighted by atomic mass is 19.1. The van der Waals surface area contributed by atoms with E-state index in [-0.39, 0.29) is 25.1 Å². The number of nitrogens with zero attached hydrogens (tertiary/aromatic N) is 4. The van der Waals surface area contributed by atoms with Gasteiger partial charge in [0.25, 0.3) is 0 Å². The van der Waals surface area contributed by atoms with Gasteiger partial charge in [-0.25, -0.2) is 9.18 Å². The molecule has 1 amide bonds. The summed E-state index contributed by atoms with van der Waals surface area (Å²) < 4.78 is 21.6. The number of carbonyl (C=O) groups excluding carboxylic acids is 1. The smallest absolute Gasteiger partial charge is 0.410 e. The lowest BCUT2D eigenvalue weighted by Crippen LogP contribution is -2.47. The Morgan fingerprint density at radius 1 is 1.50 bits per heavy atom. The molecule has 1 aromatic heterocycles. The molecule has 2 heterocycles. The summed E-state index contributed by atoms with van der Waals surface area (Å²) in [5.74, 6) is 0. The number of hydrogen-bond donors (Lipinski definition) is 0. The summed E-state index contributed by atoms with van der Waals surface area (Å²) >= 11 is 0. The summed E-state index contributed by atoms with van der Waals surface area (Å²) in [4.78, 5) is 13.5. The zero-order valence-electron chi connectivity index (χ0n) is 13.2. The third-order valence-corrected chi connectivity index (χ3v) is 3.51. The Morgan fingerprint density at radius 3 is 2.64 bits per heavy atom. The molecule has 1 saturated heterocycles. The molecule has 0 aromatic carbocycles. The first-order valence-corrected chi connectivity index (χ1v) is 7.31. The molecule has 22 heavy (non-hydrogen) atoms. The summed E-state index contributed by atoms with van der Waals surface area (Å²) in [6, 6.07) is 3.47. The zero-order valence-corrected chi connectivity index (χ0v) is 13.2. The minimum Gasteiger partial charge on any atom is -0.444 e. The van der Waals surface area contributed by atoms with E-state index in [4.69, 9.17) is 10.00 Å². The van der Waals surface area contributed by atoms with E-state index in [1.165, 1.54) is 9.58 Å². The van der Waals surface area contributed by atoms with E-state index in [0.717, 1.165) is 0 Å². The van der Waals surface area contributed by atoms with Crippen LogP contribution in [0, 0.1) is 11.3 Å². The third-order valence-electron chi connectivity index (χ3n) is 3.51. The largest absolute Gasteiger partial charge is 0.444 e. The zero-order chi connectivity index (χ0) is 16.4. The Bertz CT molecular complexity index is 577. The monoisotopic (exact) mass is 308 g/mol. The molecule has 1 aliphatic heterocycles. The van der Waals surface area contributed by atoms with Crippen LogP contribution in [-0.2, 0) is 11.3 Å². The van der Waals surface area contributed by atoms with Crippen LogP contribution < -0.4 is 0 Å². The Kier molecular flexibility index (Phi) is 4.40. The lowest BCUT2D eigenvalue weighted by Gasteiger charge is -2.36. The van der Waals surface area contributed by atoms with Gasteiger partial charge in [0.05, 0.1) is 6.54 Å². The predicted molar refractivity (Wildman–Crippen MR) is 77.8 cm³/mol. The number of carbonyl (C=O) groups is 1. The van der Waals surface area contributed by atoms with Gasteiger partial charge in [0.1, 0.15) is 17.3 Å². The molecular formula is C15H21FN4O2. The molecule has 0 unspecified atom stereocenters. The lowest BCUT2D eigenvalue weighted by atomic mass is 9.93. The van der Waals surface area contributed by atoms with Crippen molar-refractivity contribution in [2.45, 2.75) is 51.4 Å². The van der Waals surface area contributed by atoms with Crippen LogP contribution in [0.2, 0.25) is 0 Å². The first-order valence-electron chi connectivity index (χ1n) is 7.31. The summed E-state index contributed by atoms with van der Waals surface area (Å²) in [5, 5.41) is 12.7. The van der Waals surface area contributed by atoms with E-state index < -0.39 is 17.4 Å². The van der Waals surface area contributed by atoms with Crippen LogP contribution in [0.5, 0.6) is 0 Å². The van der Waals surface area contributed by atoms with Crippen LogP contribution in [0.4, 0.5) is 9.18 Å². The molecule has 0 spiro atoms. The van der Waals surface area contributed by atoms with Gasteiger partial charge in [0.2, 0.25) is 0 Å². The Hall–Kier alpha value is -2.10. The molecular weight excluding hydrogens is 287 g/mol. The van der Waals surface area contributed by atoms with Crippen molar-refractivity contribution in [3.63, 3.8) is 0 Å². The van der Waals surface area contributed by atoms with Crippen LogP contribution in [0.15, 0.2) is 12.3 Å². The molecule has 1 aliphatic rings. The normalized spacial score (nSPS) is 17.9. The van der Waals surface area contributed by atoms with Gasteiger partial charge in [-0.05, 0) is 26.8 Å². The van der Waals surface area contributed by atoms with Crippen LogP contribution in [-0.4, -0.2) is 45.1 Å². The van der Waals surface area contributed by atoms with E-state index >= 15 is 0 Å². The molecule has 1 aromatic rings. The first kappa shape index (κ1) is 16.3. The number of amides is 1. The lowest BCUT2D eigenvalue weighted by molar-refractivity contribution is -0.00134. The summed E-state index contributed by atoms with van der Waals surface area (Å²) in [5.41, 5.74) is -1.70. The van der Waals surface area contributed by atoms with Crippen molar-refractivity contribution in [2.75, 3.05) is 13.1 Å². The topological polar surface area (TPSA) is 71.2 Å². The maximum atomic E-state index is 14.8. The summed E-state index contributed by atoms with van der Waals surface area (Å²) in [7, 11) is 0. The highest BCUT2D eigenvalue weighted by molar-refractivity contribution is 5.68. The molecule has 7 heteroatoms. The van der Waals surface area contributed by atoms with E-state index in [2.05, 4.69) is 5.10 Å². The number of rotatable bonds is 2. The molecule has 0 N–H and O–H groups in total. The van der Waals surface area contributed by atoms with E-state index in [0.29, 0.717) is 13.1 Å². The summed E-state index contributed by atoms with van der Waals surface area (Å²) in [6.45, 7) is 6.14. The van der Waals surface area contributed by atoms with E-state index in [1.54, 1.807) is 33.0 Å². The van der Waals surface area contributed by atoms with E-state index in [9.17, 15) is 9.18 Å². The second kappa shape index (κ2) is 5.95. The van der Waals surface area contributed by atoms with Crippen molar-refractivity contribution in [2.24, 2.45) is 0 Å². The van der Waals surface area contributed by atoms with Gasteiger partial charge in [-0.15, -0.1) is 0 Å². The highest BCUT2D eigenvalue weighted by Crippen LogP contribution is 2.29. The van der Waals surface area contributed by atoms with E-state index in [1.807, 2.05) is 6.07 Å². The molecule has 0 bridgehead atoms. The van der Waals surface area contributed by atoms with Crippen LogP contribution in [0.1, 0.15) is 39.3 Å².